The third-order valence-electron chi connectivity index (χ3n) is 4.78. The molecule has 0 aromatic carbocycles. The zero-order valence-electron chi connectivity index (χ0n) is 12.7. The van der Waals surface area contributed by atoms with Crippen LogP contribution in [0.4, 0.5) is 5.69 Å². The van der Waals surface area contributed by atoms with Gasteiger partial charge in [0.15, 0.2) is 0 Å². The van der Waals surface area contributed by atoms with Crippen LogP contribution in [0.15, 0.2) is 12.3 Å². The minimum atomic E-state index is 0.164. The van der Waals surface area contributed by atoms with E-state index in [1.807, 2.05) is 13.0 Å². The van der Waals surface area contributed by atoms with Crippen LogP contribution in [0.5, 0.6) is 0 Å². The van der Waals surface area contributed by atoms with Gasteiger partial charge in [0.1, 0.15) is 6.07 Å². The molecule has 1 saturated heterocycles. The molecule has 3 rings (SSSR count). The molecule has 1 atom stereocenters. The second kappa shape index (κ2) is 6.03. The first-order valence-electron chi connectivity index (χ1n) is 7.99. The van der Waals surface area contributed by atoms with Crippen LogP contribution in [0.2, 0.25) is 0 Å². The van der Waals surface area contributed by atoms with Gasteiger partial charge in [-0.3, -0.25) is 4.98 Å². The molecule has 1 aliphatic carbocycles. The van der Waals surface area contributed by atoms with Crippen molar-refractivity contribution in [2.45, 2.75) is 63.6 Å². The highest BCUT2D eigenvalue weighted by Gasteiger charge is 2.40. The molecule has 1 spiro atoms. The topological polar surface area (TPSA) is 57.9 Å². The monoisotopic (exact) mass is 285 g/mol. The Morgan fingerprint density at radius 2 is 2.19 bits per heavy atom. The normalized spacial score (nSPS) is 23.9. The first kappa shape index (κ1) is 14.3. The molecule has 21 heavy (non-hydrogen) atoms. The molecule has 0 radical (unpaired) electrons. The predicted molar refractivity (Wildman–Crippen MR) is 82.1 cm³/mol. The SMILES string of the molecule is Cc1cc(NCC2CCC3(CCCCC3)O2)c(C#N)cn1. The van der Waals surface area contributed by atoms with Gasteiger partial charge in [-0.1, -0.05) is 19.3 Å². The molecule has 1 unspecified atom stereocenters. The van der Waals surface area contributed by atoms with E-state index in [9.17, 15) is 0 Å². The van der Waals surface area contributed by atoms with Crippen molar-refractivity contribution in [3.8, 4) is 6.07 Å². The molecule has 2 heterocycles. The van der Waals surface area contributed by atoms with Crippen molar-refractivity contribution in [3.05, 3.63) is 23.5 Å². The molecule has 112 valence electrons. The Morgan fingerprint density at radius 3 is 2.95 bits per heavy atom. The lowest BCUT2D eigenvalue weighted by Gasteiger charge is -2.33. The molecule has 1 aromatic heterocycles. The van der Waals surface area contributed by atoms with Crippen LogP contribution in [0.3, 0.4) is 0 Å². The van der Waals surface area contributed by atoms with E-state index in [4.69, 9.17) is 10.00 Å². The van der Waals surface area contributed by atoms with E-state index in [-0.39, 0.29) is 11.7 Å². The minimum Gasteiger partial charge on any atom is -0.381 e. The van der Waals surface area contributed by atoms with Crippen molar-refractivity contribution >= 4 is 5.69 Å². The number of nitrogens with one attached hydrogen (secondary N) is 1. The van der Waals surface area contributed by atoms with E-state index in [2.05, 4.69) is 16.4 Å². The fraction of sp³-hybridized carbons (Fsp3) is 0.647. The summed E-state index contributed by atoms with van der Waals surface area (Å²) in [5.74, 6) is 0. The van der Waals surface area contributed by atoms with E-state index >= 15 is 0 Å². The lowest BCUT2D eigenvalue weighted by Crippen LogP contribution is -2.33. The fourth-order valence-electron chi connectivity index (χ4n) is 3.62. The molecule has 0 amide bonds. The summed E-state index contributed by atoms with van der Waals surface area (Å²) in [5.41, 5.74) is 2.56. The van der Waals surface area contributed by atoms with E-state index in [1.54, 1.807) is 6.20 Å². The smallest absolute Gasteiger partial charge is 0.103 e. The Kier molecular flexibility index (Phi) is 4.12. The highest BCUT2D eigenvalue weighted by molar-refractivity contribution is 5.56. The zero-order valence-corrected chi connectivity index (χ0v) is 12.7. The molecule has 2 fully saturated rings. The molecule has 4 heteroatoms. The molecule has 1 aromatic rings. The van der Waals surface area contributed by atoms with Gasteiger partial charge in [0, 0.05) is 18.4 Å². The Balaban J connectivity index is 1.59. The van der Waals surface area contributed by atoms with Crippen LogP contribution in [0.25, 0.3) is 0 Å². The van der Waals surface area contributed by atoms with E-state index in [0.29, 0.717) is 5.56 Å². The van der Waals surface area contributed by atoms with Gasteiger partial charge in [0.05, 0.1) is 23.0 Å². The highest BCUT2D eigenvalue weighted by atomic mass is 16.5. The number of rotatable bonds is 3. The number of aromatic nitrogens is 1. The first-order valence-corrected chi connectivity index (χ1v) is 7.99. The average Bonchev–Trinajstić information content (AvgIpc) is 2.89. The summed E-state index contributed by atoms with van der Waals surface area (Å²) in [6.45, 7) is 2.72. The van der Waals surface area contributed by atoms with Gasteiger partial charge in [-0.15, -0.1) is 0 Å². The van der Waals surface area contributed by atoms with E-state index in [0.717, 1.165) is 24.3 Å². The fourth-order valence-corrected chi connectivity index (χ4v) is 3.62. The number of ether oxygens (including phenoxy) is 1. The molecular weight excluding hydrogens is 262 g/mol. The summed E-state index contributed by atoms with van der Waals surface area (Å²) in [6.07, 6.45) is 10.6. The Labute approximate surface area is 126 Å². The van der Waals surface area contributed by atoms with Gasteiger partial charge < -0.3 is 10.1 Å². The van der Waals surface area contributed by atoms with Crippen molar-refractivity contribution in [2.75, 3.05) is 11.9 Å². The summed E-state index contributed by atoms with van der Waals surface area (Å²) in [4.78, 5) is 4.16. The Morgan fingerprint density at radius 1 is 1.38 bits per heavy atom. The molecular formula is C17H23N3O. The van der Waals surface area contributed by atoms with Crippen LogP contribution >= 0.6 is 0 Å². The number of pyridine rings is 1. The molecule has 1 N–H and O–H groups in total. The summed E-state index contributed by atoms with van der Waals surface area (Å²) in [6, 6.07) is 4.12. The first-order chi connectivity index (χ1) is 10.2. The summed E-state index contributed by atoms with van der Waals surface area (Å²) < 4.78 is 6.35. The Hall–Kier alpha value is -1.60. The summed E-state index contributed by atoms with van der Waals surface area (Å²) in [5, 5.41) is 12.5. The van der Waals surface area contributed by atoms with Gasteiger partial charge >= 0.3 is 0 Å². The second-order valence-corrected chi connectivity index (χ2v) is 6.39. The third-order valence-corrected chi connectivity index (χ3v) is 4.78. The predicted octanol–water partition coefficient (Wildman–Crippen LogP) is 3.56. The molecule has 4 nitrogen and oxygen atoms in total. The number of nitrogens with zero attached hydrogens (tertiary/aromatic N) is 2. The minimum absolute atomic E-state index is 0.164. The molecule has 1 aliphatic heterocycles. The maximum absolute atomic E-state index is 9.14. The van der Waals surface area contributed by atoms with Gasteiger partial charge in [-0.05, 0) is 38.7 Å². The van der Waals surface area contributed by atoms with Gasteiger partial charge in [-0.2, -0.15) is 5.26 Å². The number of anilines is 1. The number of nitriles is 1. The van der Waals surface area contributed by atoms with E-state index in [1.165, 1.54) is 38.5 Å². The van der Waals surface area contributed by atoms with Gasteiger partial charge in [-0.25, -0.2) is 0 Å². The number of hydrogen-bond donors (Lipinski definition) is 1. The average molecular weight is 285 g/mol. The van der Waals surface area contributed by atoms with Crippen LogP contribution < -0.4 is 5.32 Å². The maximum atomic E-state index is 9.14. The molecule has 0 bridgehead atoms. The molecule has 2 aliphatic rings. The zero-order chi connectivity index (χ0) is 14.7. The quantitative estimate of drug-likeness (QED) is 0.922. The van der Waals surface area contributed by atoms with Crippen molar-refractivity contribution in [1.82, 2.24) is 4.98 Å². The van der Waals surface area contributed by atoms with Crippen LogP contribution in [0, 0.1) is 18.3 Å². The summed E-state index contributed by atoms with van der Waals surface area (Å²) >= 11 is 0. The number of aryl methyl sites for hydroxylation is 1. The third kappa shape index (κ3) is 3.19. The van der Waals surface area contributed by atoms with Crippen molar-refractivity contribution in [2.24, 2.45) is 0 Å². The number of hydrogen-bond acceptors (Lipinski definition) is 4. The Bertz CT molecular complexity index is 543. The largest absolute Gasteiger partial charge is 0.381 e. The summed E-state index contributed by atoms with van der Waals surface area (Å²) in [7, 11) is 0. The van der Waals surface area contributed by atoms with E-state index < -0.39 is 0 Å². The van der Waals surface area contributed by atoms with Crippen molar-refractivity contribution in [3.63, 3.8) is 0 Å². The second-order valence-electron chi connectivity index (χ2n) is 6.39. The lowest BCUT2D eigenvalue weighted by molar-refractivity contribution is -0.0588. The van der Waals surface area contributed by atoms with Crippen LogP contribution in [-0.2, 0) is 4.74 Å². The highest BCUT2D eigenvalue weighted by Crippen LogP contribution is 2.41. The van der Waals surface area contributed by atoms with Gasteiger partial charge in [0.2, 0.25) is 0 Å². The van der Waals surface area contributed by atoms with Crippen molar-refractivity contribution < 1.29 is 4.74 Å². The van der Waals surface area contributed by atoms with Crippen molar-refractivity contribution in [1.29, 1.82) is 5.26 Å². The lowest BCUT2D eigenvalue weighted by atomic mass is 9.83. The van der Waals surface area contributed by atoms with Gasteiger partial charge in [0.25, 0.3) is 0 Å². The van der Waals surface area contributed by atoms with Crippen LogP contribution in [-0.4, -0.2) is 23.2 Å². The van der Waals surface area contributed by atoms with Crippen LogP contribution in [0.1, 0.15) is 56.2 Å². The maximum Gasteiger partial charge on any atom is 0.103 e. The standard InChI is InChI=1S/C17H23N3O/c1-13-9-16(14(10-18)11-19-13)20-12-15-5-8-17(21-15)6-3-2-4-7-17/h9,11,15H,2-8,12H2,1H3,(H,19,20). The molecule has 1 saturated carbocycles.